The number of carbonyl (C=O) groups excluding carboxylic acids is 2. The summed E-state index contributed by atoms with van der Waals surface area (Å²) in [6, 6.07) is 0. The Morgan fingerprint density at radius 3 is 2.95 bits per heavy atom. The fraction of sp³-hybridized carbons (Fsp3) is 0.647. The lowest BCUT2D eigenvalue weighted by molar-refractivity contribution is -0.151. The Balaban J connectivity index is 0.00000242. The van der Waals surface area contributed by atoms with Crippen molar-refractivity contribution < 1.29 is 14.3 Å². The molecule has 0 aromatic rings. The molecule has 1 saturated heterocycles. The summed E-state index contributed by atoms with van der Waals surface area (Å²) in [6.45, 7) is 3.50. The van der Waals surface area contributed by atoms with E-state index in [0.29, 0.717) is 19.6 Å². The SMILES string of the molecule is C.CCOC(=O)[C@H]1CCCN(C(=O)CCC2=CC=CSC2)C1. The second-order valence-electron chi connectivity index (χ2n) is 5.40. The van der Waals surface area contributed by atoms with E-state index in [9.17, 15) is 9.59 Å². The molecule has 1 fully saturated rings. The summed E-state index contributed by atoms with van der Waals surface area (Å²) in [4.78, 5) is 25.9. The van der Waals surface area contributed by atoms with E-state index in [0.717, 1.165) is 31.6 Å². The molecule has 2 rings (SSSR count). The van der Waals surface area contributed by atoms with Gasteiger partial charge in [-0.1, -0.05) is 25.2 Å². The van der Waals surface area contributed by atoms with Crippen molar-refractivity contribution >= 4 is 23.6 Å². The Morgan fingerprint density at radius 1 is 1.45 bits per heavy atom. The molecule has 1 amide bonds. The van der Waals surface area contributed by atoms with Crippen molar-refractivity contribution in [1.29, 1.82) is 0 Å². The zero-order chi connectivity index (χ0) is 15.1. The molecular weight excluding hydrogens is 298 g/mol. The Kier molecular flexibility index (Phi) is 8.31. The number of amides is 1. The first-order chi connectivity index (χ1) is 10.2. The van der Waals surface area contributed by atoms with Crippen molar-refractivity contribution in [2.24, 2.45) is 5.92 Å². The molecule has 0 aliphatic carbocycles. The quantitative estimate of drug-likeness (QED) is 0.727. The van der Waals surface area contributed by atoms with E-state index in [2.05, 4.69) is 11.5 Å². The van der Waals surface area contributed by atoms with Crippen molar-refractivity contribution in [2.75, 3.05) is 25.4 Å². The van der Waals surface area contributed by atoms with Crippen molar-refractivity contribution in [3.63, 3.8) is 0 Å². The minimum absolute atomic E-state index is 0. The third-order valence-corrected chi connectivity index (χ3v) is 4.72. The molecule has 0 bridgehead atoms. The van der Waals surface area contributed by atoms with Gasteiger partial charge >= 0.3 is 5.97 Å². The molecule has 1 atom stereocenters. The number of ether oxygens (including phenoxy) is 1. The molecule has 4 nitrogen and oxygen atoms in total. The predicted octanol–water partition coefficient (Wildman–Crippen LogP) is 3.39. The molecule has 124 valence electrons. The monoisotopic (exact) mass is 325 g/mol. The van der Waals surface area contributed by atoms with E-state index in [1.54, 1.807) is 11.8 Å². The molecule has 0 N–H and O–H groups in total. The maximum atomic E-state index is 12.3. The Bertz CT molecular complexity index is 445. The number of esters is 1. The summed E-state index contributed by atoms with van der Waals surface area (Å²) in [7, 11) is 0. The van der Waals surface area contributed by atoms with Gasteiger partial charge in [0.15, 0.2) is 0 Å². The van der Waals surface area contributed by atoms with Gasteiger partial charge in [-0.2, -0.15) is 0 Å². The first-order valence-corrected chi connectivity index (χ1v) is 8.66. The number of allylic oxidation sites excluding steroid dienone is 2. The second-order valence-corrected chi connectivity index (χ2v) is 6.29. The summed E-state index contributed by atoms with van der Waals surface area (Å²) < 4.78 is 5.07. The summed E-state index contributed by atoms with van der Waals surface area (Å²) in [6.07, 6.45) is 7.20. The zero-order valence-corrected chi connectivity index (χ0v) is 13.4. The van der Waals surface area contributed by atoms with Crippen molar-refractivity contribution in [2.45, 2.75) is 40.0 Å². The van der Waals surface area contributed by atoms with Crippen molar-refractivity contribution in [3.8, 4) is 0 Å². The van der Waals surface area contributed by atoms with Crippen LogP contribution in [0.4, 0.5) is 0 Å². The topological polar surface area (TPSA) is 46.6 Å². The number of hydrogen-bond acceptors (Lipinski definition) is 4. The maximum Gasteiger partial charge on any atom is 0.310 e. The average Bonchev–Trinajstić information content (AvgIpc) is 2.54. The highest BCUT2D eigenvalue weighted by Gasteiger charge is 2.29. The third kappa shape index (κ3) is 5.52. The number of hydrogen-bond donors (Lipinski definition) is 0. The van der Waals surface area contributed by atoms with Crippen molar-refractivity contribution in [1.82, 2.24) is 4.90 Å². The molecule has 0 unspecified atom stereocenters. The minimum atomic E-state index is -0.161. The van der Waals surface area contributed by atoms with Crippen LogP contribution in [-0.2, 0) is 14.3 Å². The van der Waals surface area contributed by atoms with Crippen LogP contribution in [0.3, 0.4) is 0 Å². The van der Waals surface area contributed by atoms with Gasteiger partial charge in [0.05, 0.1) is 12.5 Å². The molecule has 2 heterocycles. The summed E-state index contributed by atoms with van der Waals surface area (Å²) >= 11 is 1.77. The van der Waals surface area contributed by atoms with E-state index >= 15 is 0 Å². The lowest BCUT2D eigenvalue weighted by atomic mass is 9.97. The van der Waals surface area contributed by atoms with Crippen LogP contribution < -0.4 is 0 Å². The normalized spacial score (nSPS) is 20.9. The first kappa shape index (κ1) is 18.8. The summed E-state index contributed by atoms with van der Waals surface area (Å²) in [5, 5.41) is 2.07. The standard InChI is InChI=1S/C16H23NO3S.CH4/c1-2-20-16(19)14-6-3-9-17(11-14)15(18)8-7-13-5-4-10-21-12-13;/h4-5,10,14H,2-3,6-9,11-12H2,1H3;1H4/t14-;/m0./s1. The highest BCUT2D eigenvalue weighted by molar-refractivity contribution is 8.02. The predicted molar refractivity (Wildman–Crippen MR) is 91.6 cm³/mol. The molecular formula is C17H27NO3S. The van der Waals surface area contributed by atoms with Crippen LogP contribution in [-0.4, -0.2) is 42.2 Å². The lowest BCUT2D eigenvalue weighted by Crippen LogP contribution is -2.42. The molecule has 0 aromatic carbocycles. The van der Waals surface area contributed by atoms with Gasteiger partial charge in [0.2, 0.25) is 5.91 Å². The fourth-order valence-corrected chi connectivity index (χ4v) is 3.41. The van der Waals surface area contributed by atoms with Gasteiger partial charge in [0, 0.05) is 25.3 Å². The number of likely N-dealkylation sites (tertiary alicyclic amines) is 1. The van der Waals surface area contributed by atoms with Crippen LogP contribution in [0.15, 0.2) is 23.1 Å². The molecule has 0 radical (unpaired) electrons. The van der Waals surface area contributed by atoms with E-state index in [-0.39, 0.29) is 25.2 Å². The Hall–Kier alpha value is -1.23. The van der Waals surface area contributed by atoms with Crippen LogP contribution in [0.25, 0.3) is 0 Å². The van der Waals surface area contributed by atoms with Gasteiger partial charge in [-0.05, 0) is 31.6 Å². The third-order valence-electron chi connectivity index (χ3n) is 3.83. The molecule has 2 aliphatic rings. The Labute approximate surface area is 138 Å². The molecule has 2 aliphatic heterocycles. The van der Waals surface area contributed by atoms with Crippen LogP contribution in [0.1, 0.15) is 40.0 Å². The van der Waals surface area contributed by atoms with E-state index in [4.69, 9.17) is 4.74 Å². The van der Waals surface area contributed by atoms with Crippen LogP contribution >= 0.6 is 11.8 Å². The molecule has 5 heteroatoms. The highest BCUT2D eigenvalue weighted by atomic mass is 32.2. The van der Waals surface area contributed by atoms with Crippen LogP contribution in [0, 0.1) is 5.92 Å². The van der Waals surface area contributed by atoms with Gasteiger partial charge in [0.25, 0.3) is 0 Å². The van der Waals surface area contributed by atoms with E-state index in [1.165, 1.54) is 5.57 Å². The average molecular weight is 325 g/mol. The summed E-state index contributed by atoms with van der Waals surface area (Å²) in [5.41, 5.74) is 1.31. The van der Waals surface area contributed by atoms with Gasteiger partial charge in [0.1, 0.15) is 0 Å². The molecule has 0 aromatic heterocycles. The van der Waals surface area contributed by atoms with Gasteiger partial charge in [-0.15, -0.1) is 11.8 Å². The first-order valence-electron chi connectivity index (χ1n) is 7.61. The Morgan fingerprint density at radius 2 is 2.27 bits per heavy atom. The number of piperidine rings is 1. The van der Waals surface area contributed by atoms with E-state index < -0.39 is 0 Å². The van der Waals surface area contributed by atoms with Gasteiger partial charge in [-0.3, -0.25) is 9.59 Å². The number of carbonyl (C=O) groups is 2. The zero-order valence-electron chi connectivity index (χ0n) is 12.5. The highest BCUT2D eigenvalue weighted by Crippen LogP contribution is 2.22. The van der Waals surface area contributed by atoms with Gasteiger partial charge < -0.3 is 9.64 Å². The number of rotatable bonds is 5. The van der Waals surface area contributed by atoms with Crippen LogP contribution in [0.2, 0.25) is 0 Å². The minimum Gasteiger partial charge on any atom is -0.466 e. The maximum absolute atomic E-state index is 12.3. The second kappa shape index (κ2) is 9.72. The fourth-order valence-electron chi connectivity index (χ4n) is 2.67. The van der Waals surface area contributed by atoms with Gasteiger partial charge in [-0.25, -0.2) is 0 Å². The number of thioether (sulfide) groups is 1. The molecule has 22 heavy (non-hydrogen) atoms. The smallest absolute Gasteiger partial charge is 0.310 e. The van der Waals surface area contributed by atoms with Crippen LogP contribution in [0.5, 0.6) is 0 Å². The number of nitrogens with zero attached hydrogens (tertiary/aromatic N) is 1. The molecule has 0 saturated carbocycles. The van der Waals surface area contributed by atoms with E-state index in [1.807, 2.05) is 17.9 Å². The lowest BCUT2D eigenvalue weighted by Gasteiger charge is -2.31. The molecule has 0 spiro atoms. The largest absolute Gasteiger partial charge is 0.466 e. The summed E-state index contributed by atoms with van der Waals surface area (Å²) in [5.74, 6) is 0.834. The van der Waals surface area contributed by atoms with Crippen molar-refractivity contribution in [3.05, 3.63) is 23.1 Å².